The van der Waals surface area contributed by atoms with Crippen LogP contribution in [0, 0.1) is 6.92 Å². The monoisotopic (exact) mass is 203 g/mol. The third-order valence-corrected chi connectivity index (χ3v) is 2.48. The topological polar surface area (TPSA) is 12.0 Å². The molecule has 1 atom stereocenters. The third kappa shape index (κ3) is 4.30. The van der Waals surface area contributed by atoms with Crippen molar-refractivity contribution in [2.75, 3.05) is 6.54 Å². The van der Waals surface area contributed by atoms with E-state index in [1.807, 2.05) is 0 Å². The predicted octanol–water partition coefficient (Wildman–Crippen LogP) is 3.61. The standard InChI is InChI=1S/C14H21N/c1-11(2)8-9-15-13(4)14-7-5-6-12(3)10-14/h5-8,10,13,15H,9H2,1-4H3/t13-/m0/s1. The normalized spacial score (nSPS) is 12.3. The van der Waals surface area contributed by atoms with Gasteiger partial charge in [-0.1, -0.05) is 41.5 Å². The van der Waals surface area contributed by atoms with Crippen LogP contribution in [0.5, 0.6) is 0 Å². The van der Waals surface area contributed by atoms with Gasteiger partial charge in [-0.3, -0.25) is 0 Å². The molecule has 15 heavy (non-hydrogen) atoms. The summed E-state index contributed by atoms with van der Waals surface area (Å²) >= 11 is 0. The van der Waals surface area contributed by atoms with E-state index < -0.39 is 0 Å². The van der Waals surface area contributed by atoms with Gasteiger partial charge in [-0.2, -0.15) is 0 Å². The zero-order chi connectivity index (χ0) is 11.3. The molecule has 0 aliphatic rings. The molecule has 1 heteroatoms. The van der Waals surface area contributed by atoms with Crippen molar-refractivity contribution in [3.05, 3.63) is 47.0 Å². The van der Waals surface area contributed by atoms with Gasteiger partial charge in [0.1, 0.15) is 0 Å². The molecule has 1 rings (SSSR count). The van der Waals surface area contributed by atoms with Gasteiger partial charge in [0.15, 0.2) is 0 Å². The van der Waals surface area contributed by atoms with Gasteiger partial charge in [-0.15, -0.1) is 0 Å². The van der Waals surface area contributed by atoms with E-state index in [4.69, 9.17) is 0 Å². The lowest BCUT2D eigenvalue weighted by Crippen LogP contribution is -2.18. The number of hydrogen-bond donors (Lipinski definition) is 1. The van der Waals surface area contributed by atoms with Crippen LogP contribution in [0.25, 0.3) is 0 Å². The van der Waals surface area contributed by atoms with Gasteiger partial charge in [0.05, 0.1) is 0 Å². The number of rotatable bonds is 4. The van der Waals surface area contributed by atoms with E-state index in [0.29, 0.717) is 6.04 Å². The van der Waals surface area contributed by atoms with Crippen LogP contribution < -0.4 is 5.32 Å². The van der Waals surface area contributed by atoms with Crippen LogP contribution in [0.1, 0.15) is 37.9 Å². The van der Waals surface area contributed by atoms with E-state index in [1.54, 1.807) is 0 Å². The number of benzene rings is 1. The Bertz CT molecular complexity index is 335. The number of hydrogen-bond acceptors (Lipinski definition) is 1. The van der Waals surface area contributed by atoms with Crippen LogP contribution >= 0.6 is 0 Å². The van der Waals surface area contributed by atoms with Gasteiger partial charge < -0.3 is 5.32 Å². The minimum absolute atomic E-state index is 0.417. The molecule has 0 aliphatic heterocycles. The van der Waals surface area contributed by atoms with Crippen LogP contribution in [0.4, 0.5) is 0 Å². The fourth-order valence-corrected chi connectivity index (χ4v) is 1.50. The highest BCUT2D eigenvalue weighted by Gasteiger charge is 2.02. The molecule has 0 radical (unpaired) electrons. The SMILES string of the molecule is CC(C)=CCN[C@@H](C)c1cccc(C)c1. The lowest BCUT2D eigenvalue weighted by molar-refractivity contribution is 0.616. The first kappa shape index (κ1) is 12.0. The van der Waals surface area contributed by atoms with Crippen LogP contribution in [0.2, 0.25) is 0 Å². The van der Waals surface area contributed by atoms with Crippen molar-refractivity contribution in [2.24, 2.45) is 0 Å². The van der Waals surface area contributed by atoms with Gasteiger partial charge >= 0.3 is 0 Å². The maximum absolute atomic E-state index is 3.48. The largest absolute Gasteiger partial charge is 0.307 e. The van der Waals surface area contributed by atoms with E-state index in [0.717, 1.165) is 6.54 Å². The Hall–Kier alpha value is -1.08. The van der Waals surface area contributed by atoms with Gasteiger partial charge in [-0.05, 0) is 33.3 Å². The first-order valence-electron chi connectivity index (χ1n) is 5.53. The lowest BCUT2D eigenvalue weighted by atomic mass is 10.1. The summed E-state index contributed by atoms with van der Waals surface area (Å²) < 4.78 is 0. The summed E-state index contributed by atoms with van der Waals surface area (Å²) in [4.78, 5) is 0. The minimum atomic E-state index is 0.417. The maximum atomic E-state index is 3.48. The molecule has 0 saturated carbocycles. The van der Waals surface area contributed by atoms with E-state index in [2.05, 4.69) is 63.4 Å². The molecule has 0 heterocycles. The number of allylic oxidation sites excluding steroid dienone is 1. The summed E-state index contributed by atoms with van der Waals surface area (Å²) in [5, 5.41) is 3.48. The zero-order valence-electron chi connectivity index (χ0n) is 10.2. The summed E-state index contributed by atoms with van der Waals surface area (Å²) in [5.41, 5.74) is 4.04. The van der Waals surface area contributed by atoms with Crippen LogP contribution in [0.15, 0.2) is 35.9 Å². The van der Waals surface area contributed by atoms with Crippen molar-refractivity contribution in [3.63, 3.8) is 0 Å². The molecule has 1 N–H and O–H groups in total. The Morgan fingerprint density at radius 3 is 2.73 bits per heavy atom. The van der Waals surface area contributed by atoms with Crippen molar-refractivity contribution < 1.29 is 0 Å². The van der Waals surface area contributed by atoms with Crippen molar-refractivity contribution >= 4 is 0 Å². The summed E-state index contributed by atoms with van der Waals surface area (Å²) in [6, 6.07) is 9.07. The molecule has 1 nitrogen and oxygen atoms in total. The summed E-state index contributed by atoms with van der Waals surface area (Å²) in [6.45, 7) is 9.52. The highest BCUT2D eigenvalue weighted by atomic mass is 14.9. The quantitative estimate of drug-likeness (QED) is 0.737. The van der Waals surface area contributed by atoms with Gasteiger partial charge in [0, 0.05) is 12.6 Å². The highest BCUT2D eigenvalue weighted by Crippen LogP contribution is 2.13. The fourth-order valence-electron chi connectivity index (χ4n) is 1.50. The lowest BCUT2D eigenvalue weighted by Gasteiger charge is -2.13. The first-order chi connectivity index (χ1) is 7.09. The fraction of sp³-hybridized carbons (Fsp3) is 0.429. The molecule has 0 bridgehead atoms. The van der Waals surface area contributed by atoms with Crippen LogP contribution in [-0.2, 0) is 0 Å². The summed E-state index contributed by atoms with van der Waals surface area (Å²) in [7, 11) is 0. The zero-order valence-corrected chi connectivity index (χ0v) is 10.2. The van der Waals surface area contributed by atoms with Crippen molar-refractivity contribution in [2.45, 2.75) is 33.7 Å². The Kier molecular flexibility index (Phi) is 4.57. The molecule has 1 aromatic carbocycles. The molecular weight excluding hydrogens is 182 g/mol. The summed E-state index contributed by atoms with van der Waals surface area (Å²) in [6.07, 6.45) is 2.21. The Morgan fingerprint density at radius 2 is 2.13 bits per heavy atom. The van der Waals surface area contributed by atoms with Gasteiger partial charge in [-0.25, -0.2) is 0 Å². The Balaban J connectivity index is 2.54. The molecule has 0 unspecified atom stereocenters. The van der Waals surface area contributed by atoms with Crippen molar-refractivity contribution in [1.29, 1.82) is 0 Å². The minimum Gasteiger partial charge on any atom is -0.307 e. The second-order valence-corrected chi connectivity index (χ2v) is 4.33. The molecular formula is C14H21N. The molecule has 0 spiro atoms. The second-order valence-electron chi connectivity index (χ2n) is 4.33. The molecule has 0 fully saturated rings. The molecule has 82 valence electrons. The average Bonchev–Trinajstić information content (AvgIpc) is 2.17. The van der Waals surface area contributed by atoms with E-state index >= 15 is 0 Å². The van der Waals surface area contributed by atoms with Crippen molar-refractivity contribution in [1.82, 2.24) is 5.32 Å². The third-order valence-electron chi connectivity index (χ3n) is 2.48. The first-order valence-corrected chi connectivity index (χ1v) is 5.53. The highest BCUT2D eigenvalue weighted by molar-refractivity contribution is 5.24. The van der Waals surface area contributed by atoms with Crippen LogP contribution in [0.3, 0.4) is 0 Å². The number of nitrogens with one attached hydrogen (secondary N) is 1. The van der Waals surface area contributed by atoms with E-state index in [9.17, 15) is 0 Å². The van der Waals surface area contributed by atoms with E-state index in [-0.39, 0.29) is 0 Å². The van der Waals surface area contributed by atoms with E-state index in [1.165, 1.54) is 16.7 Å². The second kappa shape index (κ2) is 5.72. The molecule has 0 aromatic heterocycles. The predicted molar refractivity (Wildman–Crippen MR) is 67.0 cm³/mol. The Morgan fingerprint density at radius 1 is 1.40 bits per heavy atom. The molecule has 1 aromatic rings. The molecule has 0 saturated heterocycles. The maximum Gasteiger partial charge on any atom is 0.0294 e. The van der Waals surface area contributed by atoms with Gasteiger partial charge in [0.25, 0.3) is 0 Å². The average molecular weight is 203 g/mol. The van der Waals surface area contributed by atoms with Crippen LogP contribution in [-0.4, -0.2) is 6.54 Å². The summed E-state index contributed by atoms with van der Waals surface area (Å²) in [5.74, 6) is 0. The van der Waals surface area contributed by atoms with Gasteiger partial charge in [0.2, 0.25) is 0 Å². The molecule has 0 amide bonds. The number of aryl methyl sites for hydroxylation is 1. The van der Waals surface area contributed by atoms with Crippen molar-refractivity contribution in [3.8, 4) is 0 Å². The molecule has 0 aliphatic carbocycles. The Labute approximate surface area is 93.2 Å². The smallest absolute Gasteiger partial charge is 0.0294 e.